The van der Waals surface area contributed by atoms with Crippen molar-refractivity contribution in [3.05, 3.63) is 30.3 Å². The number of benzene rings is 1. The summed E-state index contributed by atoms with van der Waals surface area (Å²) in [6, 6.07) is 12.0. The van der Waals surface area contributed by atoms with Crippen LogP contribution >= 0.6 is 11.8 Å². The first-order valence-corrected chi connectivity index (χ1v) is 11.8. The van der Waals surface area contributed by atoms with Gasteiger partial charge in [0.05, 0.1) is 23.9 Å². The van der Waals surface area contributed by atoms with E-state index in [0.29, 0.717) is 23.9 Å². The fourth-order valence-corrected chi connectivity index (χ4v) is 7.15. The Bertz CT molecular complexity index is 917. The van der Waals surface area contributed by atoms with Gasteiger partial charge in [0.15, 0.2) is 0 Å². The highest BCUT2D eigenvalue weighted by Crippen LogP contribution is 2.57. The molecular formula is C22H26N6OS. The summed E-state index contributed by atoms with van der Waals surface area (Å²) in [5.74, 6) is 2.67. The van der Waals surface area contributed by atoms with Gasteiger partial charge in [-0.05, 0) is 78.8 Å². The third-order valence-electron chi connectivity index (χ3n) is 7.09. The van der Waals surface area contributed by atoms with Crippen LogP contribution in [-0.4, -0.2) is 48.9 Å². The Morgan fingerprint density at radius 2 is 1.83 bits per heavy atom. The van der Waals surface area contributed by atoms with E-state index >= 15 is 0 Å². The number of carbonyl (C=O) groups is 1. The number of para-hydroxylation sites is 1. The topological polar surface area (TPSA) is 87.7 Å². The van der Waals surface area contributed by atoms with Gasteiger partial charge in [-0.2, -0.15) is 9.94 Å². The van der Waals surface area contributed by atoms with Gasteiger partial charge in [0, 0.05) is 12.1 Å². The molecule has 0 aliphatic heterocycles. The van der Waals surface area contributed by atoms with Crippen LogP contribution in [0.3, 0.4) is 0 Å². The summed E-state index contributed by atoms with van der Waals surface area (Å²) in [5, 5.41) is 21.8. The lowest BCUT2D eigenvalue weighted by Crippen LogP contribution is -2.62. The molecule has 0 N–H and O–H groups in total. The molecular weight excluding hydrogens is 396 g/mol. The molecule has 1 heterocycles. The van der Waals surface area contributed by atoms with Crippen molar-refractivity contribution < 1.29 is 4.79 Å². The van der Waals surface area contributed by atoms with Crippen LogP contribution in [0.4, 0.5) is 0 Å². The van der Waals surface area contributed by atoms with Gasteiger partial charge in [-0.3, -0.25) is 4.79 Å². The first kappa shape index (κ1) is 19.6. The molecule has 0 atom stereocenters. The fraction of sp³-hybridized carbons (Fsp3) is 0.591. The maximum atomic E-state index is 13.4. The summed E-state index contributed by atoms with van der Waals surface area (Å²) >= 11 is 1.38. The summed E-state index contributed by atoms with van der Waals surface area (Å²) in [4.78, 5) is 15.5. The Hall–Kier alpha value is -2.40. The minimum atomic E-state index is -0.0331. The molecule has 0 unspecified atom stereocenters. The van der Waals surface area contributed by atoms with Gasteiger partial charge >= 0.3 is 0 Å². The number of thioether (sulfide) groups is 1. The quantitative estimate of drug-likeness (QED) is 0.635. The standard InChI is InChI=1S/C22H26N6OS/c23-7-4-8-27(22-12-16-9-17(13-22)11-18(10-16)14-22)20(29)15-30-21-24-25-26-28(21)19-5-2-1-3-6-19/h1-3,5-6,16-18H,4,8-15H2. The van der Waals surface area contributed by atoms with Crippen LogP contribution in [0.5, 0.6) is 0 Å². The summed E-state index contributed by atoms with van der Waals surface area (Å²) < 4.78 is 1.67. The normalized spacial score (nSPS) is 29.0. The maximum Gasteiger partial charge on any atom is 0.233 e. The van der Waals surface area contributed by atoms with Gasteiger partial charge in [0.1, 0.15) is 0 Å². The van der Waals surface area contributed by atoms with Crippen molar-refractivity contribution >= 4 is 17.7 Å². The first-order valence-electron chi connectivity index (χ1n) is 10.8. The van der Waals surface area contributed by atoms with Crippen LogP contribution in [0.15, 0.2) is 35.5 Å². The smallest absolute Gasteiger partial charge is 0.233 e. The zero-order chi connectivity index (χ0) is 20.6. The second-order valence-electron chi connectivity index (χ2n) is 9.09. The van der Waals surface area contributed by atoms with E-state index in [-0.39, 0.29) is 11.4 Å². The number of rotatable bonds is 7. The molecule has 1 amide bonds. The molecule has 0 saturated heterocycles. The Morgan fingerprint density at radius 1 is 1.17 bits per heavy atom. The van der Waals surface area contributed by atoms with Crippen molar-refractivity contribution in [2.24, 2.45) is 17.8 Å². The first-order chi connectivity index (χ1) is 14.7. The zero-order valence-corrected chi connectivity index (χ0v) is 17.8. The molecule has 0 radical (unpaired) electrons. The van der Waals surface area contributed by atoms with Crippen LogP contribution in [0.2, 0.25) is 0 Å². The number of nitrogens with zero attached hydrogens (tertiary/aromatic N) is 6. The second-order valence-corrected chi connectivity index (χ2v) is 10.0. The summed E-state index contributed by atoms with van der Waals surface area (Å²) in [6.45, 7) is 0.533. The average molecular weight is 423 g/mol. The second kappa shape index (κ2) is 8.03. The molecule has 4 bridgehead atoms. The van der Waals surface area contributed by atoms with Crippen molar-refractivity contribution in [1.82, 2.24) is 25.1 Å². The minimum Gasteiger partial charge on any atom is -0.335 e. The zero-order valence-electron chi connectivity index (χ0n) is 17.0. The van der Waals surface area contributed by atoms with Gasteiger partial charge < -0.3 is 4.90 Å². The van der Waals surface area contributed by atoms with E-state index < -0.39 is 0 Å². The lowest BCUT2D eigenvalue weighted by Gasteiger charge is -2.60. The van der Waals surface area contributed by atoms with E-state index in [2.05, 4.69) is 26.5 Å². The average Bonchev–Trinajstić information content (AvgIpc) is 3.21. The van der Waals surface area contributed by atoms with Crippen LogP contribution in [-0.2, 0) is 4.79 Å². The number of aromatic nitrogens is 4. The molecule has 4 fully saturated rings. The van der Waals surface area contributed by atoms with Gasteiger partial charge in [-0.25, -0.2) is 0 Å². The molecule has 30 heavy (non-hydrogen) atoms. The fourth-order valence-electron chi connectivity index (χ4n) is 6.39. The van der Waals surface area contributed by atoms with E-state index in [9.17, 15) is 10.1 Å². The highest BCUT2D eigenvalue weighted by Gasteiger charge is 2.54. The number of amides is 1. The molecule has 156 valence electrons. The van der Waals surface area contributed by atoms with Crippen LogP contribution < -0.4 is 0 Å². The highest BCUT2D eigenvalue weighted by atomic mass is 32.2. The molecule has 1 aromatic heterocycles. The molecule has 4 aliphatic rings. The van der Waals surface area contributed by atoms with Crippen LogP contribution in [0.25, 0.3) is 5.69 Å². The minimum absolute atomic E-state index is 0.0331. The molecule has 1 aromatic carbocycles. The highest BCUT2D eigenvalue weighted by molar-refractivity contribution is 7.99. The predicted octanol–water partition coefficient (Wildman–Crippen LogP) is 3.47. The van der Waals surface area contributed by atoms with Crippen molar-refractivity contribution in [3.63, 3.8) is 0 Å². The predicted molar refractivity (Wildman–Crippen MR) is 113 cm³/mol. The van der Waals surface area contributed by atoms with E-state index in [0.717, 1.165) is 42.7 Å². The maximum absolute atomic E-state index is 13.4. The molecule has 6 rings (SSSR count). The summed E-state index contributed by atoms with van der Waals surface area (Å²) in [5.41, 5.74) is 0.842. The molecule has 0 spiro atoms. The number of hydrogen-bond acceptors (Lipinski definition) is 6. The molecule has 2 aromatic rings. The largest absolute Gasteiger partial charge is 0.335 e. The lowest BCUT2D eigenvalue weighted by atomic mass is 9.52. The SMILES string of the molecule is N#CCCN(C(=O)CSc1nnnn1-c1ccccc1)C12CC3CC(CC(C3)C1)C2. The Morgan fingerprint density at radius 3 is 2.47 bits per heavy atom. The molecule has 8 heteroatoms. The Kier molecular flexibility index (Phi) is 5.23. The van der Waals surface area contributed by atoms with E-state index in [1.54, 1.807) is 4.68 Å². The van der Waals surface area contributed by atoms with E-state index in [1.165, 1.54) is 31.0 Å². The molecule has 7 nitrogen and oxygen atoms in total. The lowest BCUT2D eigenvalue weighted by molar-refractivity contribution is -0.147. The van der Waals surface area contributed by atoms with Crippen molar-refractivity contribution in [3.8, 4) is 11.8 Å². The van der Waals surface area contributed by atoms with Crippen LogP contribution in [0, 0.1) is 29.1 Å². The van der Waals surface area contributed by atoms with Gasteiger partial charge in [-0.1, -0.05) is 30.0 Å². The summed E-state index contributed by atoms with van der Waals surface area (Å²) in [6.07, 6.45) is 7.73. The van der Waals surface area contributed by atoms with E-state index in [4.69, 9.17) is 0 Å². The van der Waals surface area contributed by atoms with Crippen molar-refractivity contribution in [2.75, 3.05) is 12.3 Å². The third-order valence-corrected chi connectivity index (χ3v) is 8.00. The molecule has 4 saturated carbocycles. The number of tetrazole rings is 1. The Labute approximate surface area is 180 Å². The number of hydrogen-bond donors (Lipinski definition) is 0. The monoisotopic (exact) mass is 422 g/mol. The number of carbonyl (C=O) groups excluding carboxylic acids is 1. The van der Waals surface area contributed by atoms with Gasteiger partial charge in [0.2, 0.25) is 11.1 Å². The number of nitriles is 1. The van der Waals surface area contributed by atoms with Gasteiger partial charge in [0.25, 0.3) is 0 Å². The van der Waals surface area contributed by atoms with Crippen molar-refractivity contribution in [2.45, 2.75) is 55.6 Å². The van der Waals surface area contributed by atoms with Gasteiger partial charge in [-0.15, -0.1) is 5.10 Å². The molecule has 4 aliphatic carbocycles. The van der Waals surface area contributed by atoms with E-state index in [1.807, 2.05) is 30.3 Å². The summed E-state index contributed by atoms with van der Waals surface area (Å²) in [7, 11) is 0. The van der Waals surface area contributed by atoms with Crippen molar-refractivity contribution in [1.29, 1.82) is 5.26 Å². The van der Waals surface area contributed by atoms with Crippen LogP contribution in [0.1, 0.15) is 44.9 Å². The Balaban J connectivity index is 1.33. The third kappa shape index (κ3) is 3.60.